The summed E-state index contributed by atoms with van der Waals surface area (Å²) in [6.07, 6.45) is 83.1. The minimum absolute atomic E-state index is 0.0581. The fourth-order valence-electron chi connectivity index (χ4n) is 10.8. The van der Waals surface area contributed by atoms with Gasteiger partial charge in [-0.15, -0.1) is 0 Å². The van der Waals surface area contributed by atoms with Crippen LogP contribution in [0.5, 0.6) is 0 Å². The van der Waals surface area contributed by atoms with E-state index >= 15 is 0 Å². The van der Waals surface area contributed by atoms with Gasteiger partial charge in [-0.3, -0.25) is 13.8 Å². The molecule has 0 aliphatic rings. The molecule has 3 N–H and O–H groups in total. The molecule has 0 aromatic carbocycles. The van der Waals surface area contributed by atoms with Gasteiger partial charge in [0, 0.05) is 6.42 Å². The summed E-state index contributed by atoms with van der Waals surface area (Å²) in [5.41, 5.74) is 0. The van der Waals surface area contributed by atoms with E-state index in [9.17, 15) is 19.4 Å². The van der Waals surface area contributed by atoms with E-state index in [1.807, 2.05) is 27.2 Å². The second-order valence-electron chi connectivity index (χ2n) is 25.6. The third kappa shape index (κ3) is 64.3. The highest BCUT2D eigenvalue weighted by Gasteiger charge is 2.28. The number of phosphoric acid groups is 1. The molecule has 9 heteroatoms. The SMILES string of the molecule is CCCCCCCCCC/C=C\CCCCCCCCCCCCCCCCCCCCCCCC(=O)NC(COP(=O)(O)OCC[N+](C)(C)C)C(O)/C=C/CC/C=C/CCCCCCCCCCCCCCCCCCCCC. The Morgan fingerprint density at radius 1 is 0.412 bits per heavy atom. The number of carbonyl (C=O) groups excluding carboxylic acids is 1. The highest BCUT2D eigenvalue weighted by atomic mass is 31.2. The van der Waals surface area contributed by atoms with Gasteiger partial charge in [-0.25, -0.2) is 4.57 Å². The Morgan fingerprint density at radius 2 is 0.688 bits per heavy atom. The Morgan fingerprint density at radius 3 is 1.00 bits per heavy atom. The summed E-state index contributed by atoms with van der Waals surface area (Å²) in [6.45, 7) is 4.85. The molecule has 0 bridgehead atoms. The number of allylic oxidation sites excluding steroid dienone is 5. The van der Waals surface area contributed by atoms with Gasteiger partial charge in [-0.2, -0.15) is 0 Å². The number of unbranched alkanes of at least 4 members (excludes halogenated alkanes) is 49. The van der Waals surface area contributed by atoms with E-state index in [2.05, 4.69) is 43.5 Å². The first kappa shape index (κ1) is 78.7. The third-order valence-electron chi connectivity index (χ3n) is 16.3. The lowest BCUT2D eigenvalue weighted by Gasteiger charge is -2.25. The lowest BCUT2D eigenvalue weighted by atomic mass is 10.0. The minimum Gasteiger partial charge on any atom is -0.387 e. The van der Waals surface area contributed by atoms with Crippen LogP contribution >= 0.6 is 7.82 Å². The number of amides is 1. The Hall–Kier alpha value is -1.28. The van der Waals surface area contributed by atoms with Gasteiger partial charge in [-0.05, 0) is 57.8 Å². The molecule has 80 heavy (non-hydrogen) atoms. The zero-order valence-corrected chi connectivity index (χ0v) is 55.2. The average Bonchev–Trinajstić information content (AvgIpc) is 3.42. The Balaban J connectivity index is 4.05. The van der Waals surface area contributed by atoms with Gasteiger partial charge in [0.1, 0.15) is 13.2 Å². The van der Waals surface area contributed by atoms with E-state index in [-0.39, 0.29) is 19.1 Å². The molecule has 8 nitrogen and oxygen atoms in total. The summed E-state index contributed by atoms with van der Waals surface area (Å²) in [5.74, 6) is -0.179. The van der Waals surface area contributed by atoms with Gasteiger partial charge in [0.25, 0.3) is 0 Å². The molecule has 3 atom stereocenters. The molecule has 0 fully saturated rings. The maximum absolute atomic E-state index is 13.0. The molecule has 0 saturated carbocycles. The molecule has 0 heterocycles. The van der Waals surface area contributed by atoms with Crippen molar-refractivity contribution in [3.05, 3.63) is 36.5 Å². The predicted octanol–water partition coefficient (Wildman–Crippen LogP) is 22.4. The van der Waals surface area contributed by atoms with Crippen molar-refractivity contribution < 1.29 is 32.9 Å². The van der Waals surface area contributed by atoms with Gasteiger partial charge in [0.2, 0.25) is 5.91 Å². The second-order valence-corrected chi connectivity index (χ2v) is 27.1. The number of aliphatic hydroxyl groups is 1. The number of aliphatic hydroxyl groups excluding tert-OH is 1. The van der Waals surface area contributed by atoms with Crippen molar-refractivity contribution in [1.29, 1.82) is 0 Å². The summed E-state index contributed by atoms with van der Waals surface area (Å²) in [4.78, 5) is 23.4. The molecule has 1 amide bonds. The van der Waals surface area contributed by atoms with E-state index < -0.39 is 20.0 Å². The van der Waals surface area contributed by atoms with Crippen LogP contribution < -0.4 is 5.32 Å². The standard InChI is InChI=1S/C71H139N2O6P/c1-6-8-10-12-14-16-18-20-22-24-26-28-30-32-33-34-35-36-37-38-39-41-43-45-47-49-51-53-55-57-59-61-63-65-71(75)72-69(68-79-80(76,77)78-67-66-73(3,4)5)70(74)64-62-60-58-56-54-52-50-48-46-44-42-40-31-29-27-25-23-21-19-17-15-13-11-9-7-2/h24,26,54,56,62,64,69-70,74H,6-23,25,27-53,55,57-61,63,65-68H2,1-5H3,(H-,72,75,76,77)/p+1/b26-24-,56-54+,64-62+. The van der Waals surface area contributed by atoms with Gasteiger partial charge in [-0.1, -0.05) is 333 Å². The Bertz CT molecular complexity index is 1400. The van der Waals surface area contributed by atoms with Gasteiger partial charge in [0.15, 0.2) is 0 Å². The smallest absolute Gasteiger partial charge is 0.387 e. The normalized spacial score (nSPS) is 13.8. The molecule has 3 unspecified atom stereocenters. The summed E-state index contributed by atoms with van der Waals surface area (Å²) in [6, 6.07) is -0.863. The molecule has 0 radical (unpaired) electrons. The molecule has 474 valence electrons. The van der Waals surface area contributed by atoms with Gasteiger partial charge in [0.05, 0.1) is 39.9 Å². The number of quaternary nitrogens is 1. The summed E-state index contributed by atoms with van der Waals surface area (Å²) in [7, 11) is 1.57. The Labute approximate surface area is 499 Å². The quantitative estimate of drug-likeness (QED) is 0.0243. The fraction of sp³-hybridized carbons (Fsp3) is 0.901. The van der Waals surface area contributed by atoms with Crippen LogP contribution in [-0.4, -0.2) is 73.4 Å². The number of nitrogens with zero attached hydrogens (tertiary/aromatic N) is 1. The van der Waals surface area contributed by atoms with Crippen LogP contribution in [0.15, 0.2) is 36.5 Å². The van der Waals surface area contributed by atoms with Crippen LogP contribution in [0.2, 0.25) is 0 Å². The highest BCUT2D eigenvalue weighted by molar-refractivity contribution is 7.47. The van der Waals surface area contributed by atoms with Crippen LogP contribution in [-0.2, 0) is 18.4 Å². The maximum atomic E-state index is 13.0. The third-order valence-corrected chi connectivity index (χ3v) is 17.3. The lowest BCUT2D eigenvalue weighted by molar-refractivity contribution is -0.870. The first-order valence-corrected chi connectivity index (χ1v) is 36.9. The number of rotatable bonds is 66. The molecular formula is C71H140N2O6P+. The van der Waals surface area contributed by atoms with Crippen molar-refractivity contribution in [2.24, 2.45) is 0 Å². The first-order chi connectivity index (χ1) is 39.0. The van der Waals surface area contributed by atoms with E-state index in [1.165, 1.54) is 302 Å². The molecule has 0 aliphatic heterocycles. The number of likely N-dealkylation sites (N-methyl/N-ethyl adjacent to an activating group) is 1. The maximum Gasteiger partial charge on any atom is 0.472 e. The fourth-order valence-corrected chi connectivity index (χ4v) is 11.6. The first-order valence-electron chi connectivity index (χ1n) is 35.4. The van der Waals surface area contributed by atoms with Crippen LogP contribution in [0.3, 0.4) is 0 Å². The monoisotopic (exact) mass is 1150 g/mol. The highest BCUT2D eigenvalue weighted by Crippen LogP contribution is 2.43. The molecule has 0 spiro atoms. The lowest BCUT2D eigenvalue weighted by Crippen LogP contribution is -2.45. The molecule has 0 aliphatic carbocycles. The molecular weight excluding hydrogens is 1010 g/mol. The molecule has 0 aromatic rings. The minimum atomic E-state index is -4.36. The van der Waals surface area contributed by atoms with Gasteiger partial charge < -0.3 is 19.8 Å². The van der Waals surface area contributed by atoms with Crippen LogP contribution in [0.25, 0.3) is 0 Å². The molecule has 0 rings (SSSR count). The van der Waals surface area contributed by atoms with E-state index in [0.29, 0.717) is 17.4 Å². The van der Waals surface area contributed by atoms with Crippen molar-refractivity contribution in [3.8, 4) is 0 Å². The largest absolute Gasteiger partial charge is 0.472 e. The van der Waals surface area contributed by atoms with Crippen molar-refractivity contribution >= 4 is 13.7 Å². The van der Waals surface area contributed by atoms with Gasteiger partial charge >= 0.3 is 7.82 Å². The average molecular weight is 1150 g/mol. The van der Waals surface area contributed by atoms with Crippen LogP contribution in [0, 0.1) is 0 Å². The second kappa shape index (κ2) is 62.3. The van der Waals surface area contributed by atoms with E-state index in [0.717, 1.165) is 38.5 Å². The summed E-state index contributed by atoms with van der Waals surface area (Å²) in [5, 5.41) is 14.0. The number of hydrogen-bond acceptors (Lipinski definition) is 5. The number of phosphoric ester groups is 1. The summed E-state index contributed by atoms with van der Waals surface area (Å²) < 4.78 is 23.8. The number of hydrogen-bond donors (Lipinski definition) is 3. The van der Waals surface area contributed by atoms with Crippen LogP contribution in [0.1, 0.15) is 361 Å². The molecule has 0 saturated heterocycles. The summed E-state index contributed by atoms with van der Waals surface area (Å²) >= 11 is 0. The van der Waals surface area contributed by atoms with Crippen molar-refractivity contribution in [1.82, 2.24) is 5.32 Å². The number of nitrogens with one attached hydrogen (secondary N) is 1. The van der Waals surface area contributed by atoms with E-state index in [4.69, 9.17) is 9.05 Å². The van der Waals surface area contributed by atoms with E-state index in [1.54, 1.807) is 6.08 Å². The van der Waals surface area contributed by atoms with Crippen molar-refractivity contribution in [2.45, 2.75) is 373 Å². The predicted molar refractivity (Wildman–Crippen MR) is 351 cm³/mol. The zero-order valence-electron chi connectivity index (χ0n) is 54.3. The zero-order chi connectivity index (χ0) is 58.4. The van der Waals surface area contributed by atoms with Crippen LogP contribution in [0.4, 0.5) is 0 Å². The topological polar surface area (TPSA) is 105 Å². The van der Waals surface area contributed by atoms with Crippen molar-refractivity contribution in [3.63, 3.8) is 0 Å². The Kier molecular flexibility index (Phi) is 61.3. The molecule has 0 aromatic heterocycles. The number of carbonyl (C=O) groups is 1. The van der Waals surface area contributed by atoms with Crippen molar-refractivity contribution in [2.75, 3.05) is 40.9 Å².